The average molecular weight is 722 g/mol. The minimum Gasteiger partial charge on any atom is -0.228 e. The molecule has 0 amide bonds. The molecule has 0 saturated carbocycles. The molecule has 3 aromatic heterocycles. The summed E-state index contributed by atoms with van der Waals surface area (Å²) >= 11 is 1.74. The summed E-state index contributed by atoms with van der Waals surface area (Å²) in [4.78, 5) is 25.3. The molecule has 0 aliphatic carbocycles. The molecule has 7 aromatic carbocycles. The number of nitrogens with zero attached hydrogens (tertiary/aromatic N) is 5. The standard InChI is InChI=1S/C49H31N5S/c1-5-14-32(15-6-1)33-24-26-35(27-25-33)43-31-42(34-16-7-2-8-17-34)50-49(51-43)41-23-13-22-40-39-29-28-38(30-44(39)55-45(40)41)48-53-46(36-18-9-3-10-19-36)52-47(54-48)37-20-11-4-12-21-37/h1-31H. The molecule has 0 aliphatic rings. The highest BCUT2D eigenvalue weighted by atomic mass is 32.1. The van der Waals surface area contributed by atoms with Gasteiger partial charge in [0, 0.05) is 53.6 Å². The summed E-state index contributed by atoms with van der Waals surface area (Å²) < 4.78 is 2.27. The molecule has 0 spiro atoms. The Bertz CT molecular complexity index is 2890. The van der Waals surface area contributed by atoms with E-state index in [4.69, 9.17) is 24.9 Å². The fraction of sp³-hybridized carbons (Fsp3) is 0. The SMILES string of the molecule is c1ccc(-c2ccc(-c3cc(-c4ccccc4)nc(-c4cccc5c4sc4cc(-c6nc(-c7ccccc7)nc(-c7ccccc7)n6)ccc45)n3)cc2)cc1. The van der Waals surface area contributed by atoms with E-state index >= 15 is 0 Å². The average Bonchev–Trinajstić information content (AvgIpc) is 3.66. The number of benzene rings is 7. The van der Waals surface area contributed by atoms with E-state index in [0.717, 1.165) is 59.6 Å². The molecule has 55 heavy (non-hydrogen) atoms. The van der Waals surface area contributed by atoms with Crippen molar-refractivity contribution in [2.24, 2.45) is 0 Å². The van der Waals surface area contributed by atoms with Crippen LogP contribution >= 0.6 is 11.3 Å². The van der Waals surface area contributed by atoms with Crippen molar-refractivity contribution in [1.29, 1.82) is 0 Å². The van der Waals surface area contributed by atoms with Gasteiger partial charge in [-0.25, -0.2) is 24.9 Å². The van der Waals surface area contributed by atoms with Gasteiger partial charge < -0.3 is 0 Å². The van der Waals surface area contributed by atoms with Gasteiger partial charge in [0.05, 0.1) is 11.4 Å². The minimum atomic E-state index is 0.633. The lowest BCUT2D eigenvalue weighted by atomic mass is 10.0. The highest BCUT2D eigenvalue weighted by Gasteiger charge is 2.18. The molecule has 10 aromatic rings. The third-order valence-corrected chi connectivity index (χ3v) is 11.0. The molecule has 0 aliphatic heterocycles. The highest BCUT2D eigenvalue weighted by Crippen LogP contribution is 2.41. The lowest BCUT2D eigenvalue weighted by Crippen LogP contribution is -1.99. The number of thiophene rings is 1. The first kappa shape index (κ1) is 32.5. The normalized spacial score (nSPS) is 11.3. The molecule has 0 atom stereocenters. The third-order valence-electron chi connectivity index (χ3n) is 9.78. The van der Waals surface area contributed by atoms with Crippen LogP contribution in [-0.2, 0) is 0 Å². The molecule has 0 N–H and O–H groups in total. The Morgan fingerprint density at radius 1 is 0.291 bits per heavy atom. The van der Waals surface area contributed by atoms with Crippen LogP contribution in [0.1, 0.15) is 0 Å². The molecule has 5 nitrogen and oxygen atoms in total. The lowest BCUT2D eigenvalue weighted by Gasteiger charge is -2.11. The summed E-state index contributed by atoms with van der Waals surface area (Å²) in [5.41, 5.74) is 10.0. The molecule has 3 heterocycles. The quantitative estimate of drug-likeness (QED) is 0.164. The summed E-state index contributed by atoms with van der Waals surface area (Å²) in [5.74, 6) is 2.61. The monoisotopic (exact) mass is 721 g/mol. The number of hydrogen-bond acceptors (Lipinski definition) is 6. The predicted octanol–water partition coefficient (Wildman–Crippen LogP) is 12.7. The Balaban J connectivity index is 1.10. The zero-order valence-corrected chi connectivity index (χ0v) is 30.4. The van der Waals surface area contributed by atoms with Crippen molar-refractivity contribution in [3.8, 4) is 79.2 Å². The van der Waals surface area contributed by atoms with Gasteiger partial charge in [-0.2, -0.15) is 0 Å². The smallest absolute Gasteiger partial charge is 0.164 e. The van der Waals surface area contributed by atoms with E-state index in [1.807, 2.05) is 84.9 Å². The molecular formula is C49H31N5S. The zero-order valence-electron chi connectivity index (χ0n) is 29.5. The molecule has 6 heteroatoms. The van der Waals surface area contributed by atoms with Gasteiger partial charge in [-0.3, -0.25) is 0 Å². The first-order chi connectivity index (χ1) is 27.2. The van der Waals surface area contributed by atoms with E-state index in [2.05, 4.69) is 103 Å². The maximum absolute atomic E-state index is 5.23. The van der Waals surface area contributed by atoms with Crippen LogP contribution in [0, 0.1) is 0 Å². The topological polar surface area (TPSA) is 64.5 Å². The summed E-state index contributed by atoms with van der Waals surface area (Å²) in [7, 11) is 0. The van der Waals surface area contributed by atoms with Crippen LogP contribution in [0.4, 0.5) is 0 Å². The Hall–Kier alpha value is -7.15. The summed E-state index contributed by atoms with van der Waals surface area (Å²) in [5, 5.41) is 2.33. The Morgan fingerprint density at radius 3 is 1.33 bits per heavy atom. The van der Waals surface area contributed by atoms with Crippen molar-refractivity contribution in [3.63, 3.8) is 0 Å². The highest BCUT2D eigenvalue weighted by molar-refractivity contribution is 7.26. The second-order valence-corrected chi connectivity index (χ2v) is 14.4. The zero-order chi connectivity index (χ0) is 36.6. The van der Waals surface area contributed by atoms with Crippen LogP contribution in [0.2, 0.25) is 0 Å². The fourth-order valence-electron chi connectivity index (χ4n) is 6.99. The minimum absolute atomic E-state index is 0.633. The van der Waals surface area contributed by atoms with Gasteiger partial charge in [0.15, 0.2) is 23.3 Å². The van der Waals surface area contributed by atoms with Crippen molar-refractivity contribution in [3.05, 3.63) is 188 Å². The van der Waals surface area contributed by atoms with Gasteiger partial charge in [-0.15, -0.1) is 11.3 Å². The number of aromatic nitrogens is 5. The maximum Gasteiger partial charge on any atom is 0.164 e. The molecule has 0 unspecified atom stereocenters. The third kappa shape index (κ3) is 6.35. The van der Waals surface area contributed by atoms with Crippen molar-refractivity contribution in [2.75, 3.05) is 0 Å². The van der Waals surface area contributed by atoms with Crippen molar-refractivity contribution < 1.29 is 0 Å². The fourth-order valence-corrected chi connectivity index (χ4v) is 8.24. The van der Waals surface area contributed by atoms with Gasteiger partial charge in [0.25, 0.3) is 0 Å². The van der Waals surface area contributed by atoms with E-state index < -0.39 is 0 Å². The van der Waals surface area contributed by atoms with E-state index in [1.54, 1.807) is 11.3 Å². The molecule has 10 rings (SSSR count). The van der Waals surface area contributed by atoms with Crippen LogP contribution in [-0.4, -0.2) is 24.9 Å². The van der Waals surface area contributed by atoms with Gasteiger partial charge in [0.2, 0.25) is 0 Å². The number of rotatable bonds is 7. The van der Waals surface area contributed by atoms with Crippen LogP contribution in [0.3, 0.4) is 0 Å². The number of fused-ring (bicyclic) bond motifs is 3. The molecule has 0 saturated heterocycles. The number of hydrogen-bond donors (Lipinski definition) is 0. The molecule has 0 fully saturated rings. The van der Waals surface area contributed by atoms with Gasteiger partial charge in [-0.1, -0.05) is 170 Å². The van der Waals surface area contributed by atoms with E-state index in [0.29, 0.717) is 23.3 Å². The van der Waals surface area contributed by atoms with E-state index in [1.165, 1.54) is 16.5 Å². The Kier molecular flexibility index (Phi) is 8.28. The first-order valence-electron chi connectivity index (χ1n) is 18.2. The predicted molar refractivity (Wildman–Crippen MR) is 226 cm³/mol. The summed E-state index contributed by atoms with van der Waals surface area (Å²) in [6.45, 7) is 0. The molecule has 0 bridgehead atoms. The van der Waals surface area contributed by atoms with Crippen molar-refractivity contribution in [2.45, 2.75) is 0 Å². The van der Waals surface area contributed by atoms with Crippen molar-refractivity contribution >= 4 is 31.5 Å². The van der Waals surface area contributed by atoms with Crippen LogP contribution < -0.4 is 0 Å². The summed E-state index contributed by atoms with van der Waals surface area (Å²) in [6, 6.07) is 64.6. The molecule has 0 radical (unpaired) electrons. The molecular weight excluding hydrogens is 691 g/mol. The van der Waals surface area contributed by atoms with Gasteiger partial charge in [0.1, 0.15) is 0 Å². The van der Waals surface area contributed by atoms with E-state index in [-0.39, 0.29) is 0 Å². The van der Waals surface area contributed by atoms with Gasteiger partial charge in [-0.05, 0) is 29.3 Å². The maximum atomic E-state index is 5.23. The molecule has 258 valence electrons. The van der Waals surface area contributed by atoms with Crippen LogP contribution in [0.15, 0.2) is 188 Å². The Morgan fingerprint density at radius 2 is 0.745 bits per heavy atom. The van der Waals surface area contributed by atoms with E-state index in [9.17, 15) is 0 Å². The Labute approximate surface area is 322 Å². The second kappa shape index (κ2) is 14.0. The largest absolute Gasteiger partial charge is 0.228 e. The lowest BCUT2D eigenvalue weighted by molar-refractivity contribution is 1.07. The summed E-state index contributed by atoms with van der Waals surface area (Å²) in [6.07, 6.45) is 0. The van der Waals surface area contributed by atoms with Crippen LogP contribution in [0.25, 0.3) is 99.4 Å². The van der Waals surface area contributed by atoms with Gasteiger partial charge >= 0.3 is 0 Å². The van der Waals surface area contributed by atoms with Crippen LogP contribution in [0.5, 0.6) is 0 Å². The second-order valence-electron chi connectivity index (χ2n) is 13.3. The first-order valence-corrected chi connectivity index (χ1v) is 19.0. The van der Waals surface area contributed by atoms with Crippen molar-refractivity contribution in [1.82, 2.24) is 24.9 Å².